The molecule has 3 heteroatoms. The van der Waals surface area contributed by atoms with Crippen molar-refractivity contribution in [1.29, 1.82) is 0 Å². The molecule has 0 aliphatic heterocycles. The van der Waals surface area contributed by atoms with Crippen LogP contribution < -0.4 is 0 Å². The van der Waals surface area contributed by atoms with Crippen LogP contribution in [0.15, 0.2) is 11.6 Å². The molecule has 4 aliphatic rings. The average molecular weight is 335 g/mol. The highest BCUT2D eigenvalue weighted by Crippen LogP contribution is 2.68. The Morgan fingerprint density at radius 1 is 1.08 bits per heavy atom. The van der Waals surface area contributed by atoms with Gasteiger partial charge in [-0.25, -0.2) is 0 Å². The fraction of sp³-hybridized carbons (Fsp3) is 0.905. The summed E-state index contributed by atoms with van der Waals surface area (Å²) >= 11 is 0. The van der Waals surface area contributed by atoms with Gasteiger partial charge in [-0.15, -0.1) is 0 Å². The summed E-state index contributed by atoms with van der Waals surface area (Å²) in [7, 11) is 0. The molecule has 3 nitrogen and oxygen atoms in total. The Bertz CT molecular complexity index is 553. The van der Waals surface area contributed by atoms with E-state index in [-0.39, 0.29) is 23.5 Å². The highest BCUT2D eigenvalue weighted by molar-refractivity contribution is 5.28. The molecule has 0 bridgehead atoms. The van der Waals surface area contributed by atoms with Crippen molar-refractivity contribution >= 4 is 0 Å². The van der Waals surface area contributed by atoms with Crippen LogP contribution in [0.1, 0.15) is 65.7 Å². The van der Waals surface area contributed by atoms with E-state index in [0.29, 0.717) is 23.7 Å². The molecule has 0 aromatic carbocycles. The Balaban J connectivity index is 1.75. The van der Waals surface area contributed by atoms with Gasteiger partial charge in [0.05, 0.1) is 18.3 Å². The number of aliphatic hydroxyl groups is 3. The first-order valence-electron chi connectivity index (χ1n) is 9.98. The number of hydrogen-bond donors (Lipinski definition) is 3. The van der Waals surface area contributed by atoms with Gasteiger partial charge in [0, 0.05) is 5.41 Å². The minimum Gasteiger partial charge on any atom is -0.395 e. The number of hydrogen-bond acceptors (Lipinski definition) is 3. The predicted octanol–water partition coefficient (Wildman–Crippen LogP) is 3.28. The predicted molar refractivity (Wildman–Crippen MR) is 94.3 cm³/mol. The van der Waals surface area contributed by atoms with Crippen LogP contribution in [-0.4, -0.2) is 33.6 Å². The maximum atomic E-state index is 11.0. The van der Waals surface area contributed by atoms with E-state index < -0.39 is 5.60 Å². The van der Waals surface area contributed by atoms with Crippen LogP contribution >= 0.6 is 0 Å². The van der Waals surface area contributed by atoms with E-state index in [1.165, 1.54) is 5.57 Å². The fourth-order valence-corrected chi connectivity index (χ4v) is 7.40. The highest BCUT2D eigenvalue weighted by atomic mass is 16.3. The van der Waals surface area contributed by atoms with Gasteiger partial charge < -0.3 is 15.3 Å². The molecule has 4 rings (SSSR count). The van der Waals surface area contributed by atoms with Gasteiger partial charge in [0.1, 0.15) is 0 Å². The maximum absolute atomic E-state index is 11.0. The van der Waals surface area contributed by atoms with Crippen LogP contribution in [0.25, 0.3) is 0 Å². The third-order valence-corrected chi connectivity index (χ3v) is 9.00. The monoisotopic (exact) mass is 334 g/mol. The summed E-state index contributed by atoms with van der Waals surface area (Å²) in [6, 6.07) is 0. The molecular formula is C21H34O3. The standard InChI is InChI=1S/C21H34O3/c1-13-10-14-11-15(23)4-9-21(14,12-22)17-5-7-19(2)16(18(13)17)6-8-20(19,3)24/h11,13,15-18,22-24H,4-10,12H2,1-3H3/t13?,15?,16-,17+,18-,19-,20?,21+/m0/s1. The zero-order valence-electron chi connectivity index (χ0n) is 15.5. The van der Waals surface area contributed by atoms with Crippen LogP contribution in [-0.2, 0) is 0 Å². The third-order valence-electron chi connectivity index (χ3n) is 9.00. The van der Waals surface area contributed by atoms with Crippen molar-refractivity contribution in [2.45, 2.75) is 77.4 Å². The molecule has 136 valence electrons. The lowest BCUT2D eigenvalue weighted by Crippen LogP contribution is -2.57. The Hall–Kier alpha value is -0.380. The lowest BCUT2D eigenvalue weighted by molar-refractivity contribution is -0.139. The third kappa shape index (κ3) is 2.01. The van der Waals surface area contributed by atoms with Crippen molar-refractivity contribution in [3.8, 4) is 0 Å². The Morgan fingerprint density at radius 3 is 2.50 bits per heavy atom. The van der Waals surface area contributed by atoms with E-state index >= 15 is 0 Å². The highest BCUT2D eigenvalue weighted by Gasteiger charge is 2.64. The number of aliphatic hydroxyl groups excluding tert-OH is 2. The molecule has 4 aliphatic carbocycles. The molecule has 0 aromatic heterocycles. The van der Waals surface area contributed by atoms with E-state index in [1.54, 1.807) is 0 Å². The lowest BCUT2D eigenvalue weighted by Gasteiger charge is -2.61. The Morgan fingerprint density at radius 2 is 1.79 bits per heavy atom. The van der Waals surface area contributed by atoms with Crippen molar-refractivity contribution in [3.05, 3.63) is 11.6 Å². The smallest absolute Gasteiger partial charge is 0.0724 e. The lowest BCUT2D eigenvalue weighted by atomic mass is 9.44. The van der Waals surface area contributed by atoms with E-state index in [0.717, 1.165) is 44.9 Å². The van der Waals surface area contributed by atoms with Crippen LogP contribution in [0.2, 0.25) is 0 Å². The molecule has 0 saturated heterocycles. The molecule has 8 atom stereocenters. The van der Waals surface area contributed by atoms with Gasteiger partial charge in [-0.2, -0.15) is 0 Å². The molecule has 3 fully saturated rings. The van der Waals surface area contributed by atoms with Crippen LogP contribution in [0.5, 0.6) is 0 Å². The van der Waals surface area contributed by atoms with E-state index in [2.05, 4.69) is 19.9 Å². The normalized spacial score (nSPS) is 56.9. The van der Waals surface area contributed by atoms with Crippen LogP contribution in [0, 0.1) is 34.5 Å². The maximum Gasteiger partial charge on any atom is 0.0724 e. The zero-order chi connectivity index (χ0) is 17.3. The molecule has 24 heavy (non-hydrogen) atoms. The van der Waals surface area contributed by atoms with E-state index in [9.17, 15) is 15.3 Å². The fourth-order valence-electron chi connectivity index (χ4n) is 7.40. The van der Waals surface area contributed by atoms with Gasteiger partial charge >= 0.3 is 0 Å². The molecule has 0 heterocycles. The second-order valence-corrected chi connectivity index (χ2v) is 9.85. The molecule has 0 aromatic rings. The van der Waals surface area contributed by atoms with Gasteiger partial charge in [0.15, 0.2) is 0 Å². The molecule has 0 spiro atoms. The quantitative estimate of drug-likeness (QED) is 0.645. The Kier molecular flexibility index (Phi) is 3.77. The van der Waals surface area contributed by atoms with Crippen LogP contribution in [0.4, 0.5) is 0 Å². The molecule has 3 unspecified atom stereocenters. The summed E-state index contributed by atoms with van der Waals surface area (Å²) in [5.41, 5.74) is 0.694. The summed E-state index contributed by atoms with van der Waals surface area (Å²) in [6.07, 6.45) is 8.65. The minimum atomic E-state index is -0.548. The van der Waals surface area contributed by atoms with E-state index in [4.69, 9.17) is 0 Å². The summed E-state index contributed by atoms with van der Waals surface area (Å²) in [5.74, 6) is 2.25. The van der Waals surface area contributed by atoms with Crippen molar-refractivity contribution in [2.24, 2.45) is 34.5 Å². The number of fused-ring (bicyclic) bond motifs is 5. The topological polar surface area (TPSA) is 60.7 Å². The molecule has 3 N–H and O–H groups in total. The van der Waals surface area contributed by atoms with Crippen molar-refractivity contribution in [3.63, 3.8) is 0 Å². The van der Waals surface area contributed by atoms with Crippen molar-refractivity contribution in [2.75, 3.05) is 6.61 Å². The molecule has 0 amide bonds. The van der Waals surface area contributed by atoms with Gasteiger partial charge in [-0.3, -0.25) is 0 Å². The van der Waals surface area contributed by atoms with Crippen molar-refractivity contribution < 1.29 is 15.3 Å². The first-order valence-corrected chi connectivity index (χ1v) is 9.98. The second-order valence-electron chi connectivity index (χ2n) is 9.85. The summed E-state index contributed by atoms with van der Waals surface area (Å²) in [5, 5.41) is 31.6. The second kappa shape index (κ2) is 5.31. The molecule has 3 saturated carbocycles. The SMILES string of the molecule is CC1CC2=CC(O)CC[C@]2(CO)[C@@H]2CC[C@@]3(C)[C@@H](CCC3(C)O)[C@H]12. The number of rotatable bonds is 1. The molecule has 0 radical (unpaired) electrons. The van der Waals surface area contributed by atoms with Crippen LogP contribution in [0.3, 0.4) is 0 Å². The summed E-state index contributed by atoms with van der Waals surface area (Å²) < 4.78 is 0. The summed E-state index contributed by atoms with van der Waals surface area (Å²) in [6.45, 7) is 6.94. The van der Waals surface area contributed by atoms with Gasteiger partial charge in [-0.05, 0) is 81.0 Å². The van der Waals surface area contributed by atoms with Gasteiger partial charge in [0.2, 0.25) is 0 Å². The first kappa shape index (κ1) is 17.1. The molecular weight excluding hydrogens is 300 g/mol. The minimum absolute atomic E-state index is 0.0223. The average Bonchev–Trinajstić information content (AvgIpc) is 2.77. The first-order chi connectivity index (χ1) is 11.2. The van der Waals surface area contributed by atoms with Crippen molar-refractivity contribution in [1.82, 2.24) is 0 Å². The zero-order valence-corrected chi connectivity index (χ0v) is 15.5. The van der Waals surface area contributed by atoms with Gasteiger partial charge in [-0.1, -0.05) is 25.5 Å². The van der Waals surface area contributed by atoms with Gasteiger partial charge in [0.25, 0.3) is 0 Å². The van der Waals surface area contributed by atoms with E-state index in [1.807, 2.05) is 6.92 Å². The largest absolute Gasteiger partial charge is 0.395 e. The summed E-state index contributed by atoms with van der Waals surface area (Å²) in [4.78, 5) is 0. The Labute approximate surface area is 146 Å².